The van der Waals surface area contributed by atoms with Gasteiger partial charge in [0.05, 0.1) is 5.75 Å². The fourth-order valence-electron chi connectivity index (χ4n) is 3.51. The molecule has 0 bridgehead atoms. The van der Waals surface area contributed by atoms with Gasteiger partial charge in [-0.1, -0.05) is 30.3 Å². The highest BCUT2D eigenvalue weighted by Crippen LogP contribution is 2.33. The number of piperidine rings is 1. The number of hydrogen-bond donors (Lipinski definition) is 1. The third kappa shape index (κ3) is 4.84. The van der Waals surface area contributed by atoms with Gasteiger partial charge in [0.15, 0.2) is 0 Å². The van der Waals surface area contributed by atoms with Crippen molar-refractivity contribution in [1.82, 2.24) is 9.62 Å². The maximum Gasteiger partial charge on any atom is 0.223 e. The SMILES string of the molecule is COCCC1(NC(=O)C2CC2)CCN(S(=O)(=O)Cc2ccccc2)CC1. The molecule has 26 heavy (non-hydrogen) atoms. The molecule has 1 N–H and O–H groups in total. The van der Waals surface area contributed by atoms with Gasteiger partial charge in [-0.25, -0.2) is 12.7 Å². The van der Waals surface area contributed by atoms with Crippen molar-refractivity contribution in [3.63, 3.8) is 0 Å². The molecule has 1 aromatic rings. The monoisotopic (exact) mass is 380 g/mol. The van der Waals surface area contributed by atoms with Gasteiger partial charge in [-0.3, -0.25) is 4.79 Å². The van der Waals surface area contributed by atoms with E-state index in [9.17, 15) is 13.2 Å². The summed E-state index contributed by atoms with van der Waals surface area (Å²) in [5.74, 6) is 0.281. The van der Waals surface area contributed by atoms with Crippen LogP contribution in [0.1, 0.15) is 37.7 Å². The van der Waals surface area contributed by atoms with E-state index in [1.165, 1.54) is 0 Å². The number of benzene rings is 1. The van der Waals surface area contributed by atoms with Crippen molar-refractivity contribution in [1.29, 1.82) is 0 Å². The molecule has 0 atom stereocenters. The van der Waals surface area contributed by atoms with Gasteiger partial charge in [0.25, 0.3) is 0 Å². The van der Waals surface area contributed by atoms with Crippen molar-refractivity contribution in [3.8, 4) is 0 Å². The number of carbonyl (C=O) groups is 1. The van der Waals surface area contributed by atoms with E-state index in [4.69, 9.17) is 4.74 Å². The van der Waals surface area contributed by atoms with Crippen molar-refractivity contribution in [2.24, 2.45) is 5.92 Å². The Hall–Kier alpha value is -1.44. The molecule has 144 valence electrons. The van der Waals surface area contributed by atoms with Crippen molar-refractivity contribution < 1.29 is 17.9 Å². The van der Waals surface area contributed by atoms with E-state index in [1.54, 1.807) is 11.4 Å². The summed E-state index contributed by atoms with van der Waals surface area (Å²) in [6.45, 7) is 1.43. The highest BCUT2D eigenvalue weighted by molar-refractivity contribution is 7.88. The Bertz CT molecular complexity index is 708. The number of nitrogens with one attached hydrogen (secondary N) is 1. The lowest BCUT2D eigenvalue weighted by Crippen LogP contribution is -2.57. The molecule has 2 fully saturated rings. The van der Waals surface area contributed by atoms with Gasteiger partial charge in [0, 0.05) is 38.3 Å². The second kappa shape index (κ2) is 8.06. The third-order valence-corrected chi connectivity index (χ3v) is 7.24. The van der Waals surface area contributed by atoms with Crippen LogP contribution in [0.2, 0.25) is 0 Å². The maximum absolute atomic E-state index is 12.7. The summed E-state index contributed by atoms with van der Waals surface area (Å²) in [7, 11) is -1.70. The lowest BCUT2D eigenvalue weighted by atomic mass is 9.85. The summed E-state index contributed by atoms with van der Waals surface area (Å²) < 4.78 is 32.2. The van der Waals surface area contributed by atoms with Gasteiger partial charge < -0.3 is 10.1 Å². The first-order chi connectivity index (χ1) is 12.4. The molecule has 1 saturated heterocycles. The molecule has 7 heteroatoms. The van der Waals surface area contributed by atoms with Crippen LogP contribution < -0.4 is 5.32 Å². The molecule has 1 aliphatic heterocycles. The zero-order valence-electron chi connectivity index (χ0n) is 15.3. The molecule has 0 unspecified atom stereocenters. The lowest BCUT2D eigenvalue weighted by molar-refractivity contribution is -0.125. The Balaban J connectivity index is 1.63. The molecule has 6 nitrogen and oxygen atoms in total. The van der Waals surface area contributed by atoms with Crippen LogP contribution in [-0.4, -0.2) is 51.0 Å². The van der Waals surface area contributed by atoms with E-state index in [-0.39, 0.29) is 23.1 Å². The largest absolute Gasteiger partial charge is 0.385 e. The fourth-order valence-corrected chi connectivity index (χ4v) is 5.05. The quantitative estimate of drug-likeness (QED) is 0.748. The topological polar surface area (TPSA) is 75.7 Å². The average molecular weight is 381 g/mol. The fraction of sp³-hybridized carbons (Fsp3) is 0.632. The number of carbonyl (C=O) groups excluding carboxylic acids is 1. The Morgan fingerprint density at radius 2 is 1.88 bits per heavy atom. The van der Waals surface area contributed by atoms with Crippen LogP contribution in [0.5, 0.6) is 0 Å². The van der Waals surface area contributed by atoms with E-state index >= 15 is 0 Å². The average Bonchev–Trinajstić information content (AvgIpc) is 3.46. The van der Waals surface area contributed by atoms with Gasteiger partial charge in [0.2, 0.25) is 15.9 Å². The minimum Gasteiger partial charge on any atom is -0.385 e. The summed E-state index contributed by atoms with van der Waals surface area (Å²) in [6, 6.07) is 9.25. The van der Waals surface area contributed by atoms with E-state index < -0.39 is 10.0 Å². The Morgan fingerprint density at radius 1 is 1.23 bits per heavy atom. The number of nitrogens with zero attached hydrogens (tertiary/aromatic N) is 1. The molecule has 3 rings (SSSR count). The normalized spacial score (nSPS) is 20.7. The molecule has 1 aromatic carbocycles. The van der Waals surface area contributed by atoms with Gasteiger partial charge in [-0.2, -0.15) is 0 Å². The number of sulfonamides is 1. The maximum atomic E-state index is 12.7. The predicted octanol–water partition coefficient (Wildman–Crippen LogP) is 1.91. The van der Waals surface area contributed by atoms with Crippen LogP contribution in [0.3, 0.4) is 0 Å². The van der Waals surface area contributed by atoms with E-state index in [0.717, 1.165) is 18.4 Å². The molecule has 0 spiro atoms. The minimum absolute atomic E-state index is 0.0212. The summed E-state index contributed by atoms with van der Waals surface area (Å²) in [4.78, 5) is 12.3. The predicted molar refractivity (Wildman–Crippen MR) is 100.0 cm³/mol. The zero-order valence-corrected chi connectivity index (χ0v) is 16.1. The second-order valence-electron chi connectivity index (χ2n) is 7.43. The Morgan fingerprint density at radius 3 is 2.46 bits per heavy atom. The van der Waals surface area contributed by atoms with Crippen LogP contribution >= 0.6 is 0 Å². The molecule has 1 aliphatic carbocycles. The summed E-state index contributed by atoms with van der Waals surface area (Å²) >= 11 is 0. The first kappa shape index (κ1) is 19.3. The molecule has 2 aliphatic rings. The van der Waals surface area contributed by atoms with Gasteiger partial charge in [0.1, 0.15) is 0 Å². The minimum atomic E-state index is -3.35. The zero-order chi connectivity index (χ0) is 18.6. The van der Waals surface area contributed by atoms with Crippen LogP contribution in [0.4, 0.5) is 0 Å². The molecule has 1 saturated carbocycles. The van der Waals surface area contributed by atoms with E-state index in [1.807, 2.05) is 30.3 Å². The van der Waals surface area contributed by atoms with Gasteiger partial charge in [-0.15, -0.1) is 0 Å². The second-order valence-corrected chi connectivity index (χ2v) is 9.40. The van der Waals surface area contributed by atoms with Crippen LogP contribution in [0.25, 0.3) is 0 Å². The number of hydrogen-bond acceptors (Lipinski definition) is 4. The molecule has 1 amide bonds. The smallest absolute Gasteiger partial charge is 0.223 e. The van der Waals surface area contributed by atoms with Crippen molar-refractivity contribution >= 4 is 15.9 Å². The van der Waals surface area contributed by atoms with Gasteiger partial charge in [-0.05, 0) is 37.7 Å². The summed E-state index contributed by atoms with van der Waals surface area (Å²) in [6.07, 6.45) is 3.90. The van der Waals surface area contributed by atoms with Crippen molar-refractivity contribution in [3.05, 3.63) is 35.9 Å². The highest BCUT2D eigenvalue weighted by Gasteiger charge is 2.41. The third-order valence-electron chi connectivity index (χ3n) is 5.39. The molecular formula is C19H28N2O4S. The van der Waals surface area contributed by atoms with Crippen LogP contribution in [0, 0.1) is 5.92 Å². The van der Waals surface area contributed by atoms with Crippen molar-refractivity contribution in [2.75, 3.05) is 26.8 Å². The Kier molecular flexibility index (Phi) is 5.99. The highest BCUT2D eigenvalue weighted by atomic mass is 32.2. The van der Waals surface area contributed by atoms with Crippen molar-refractivity contribution in [2.45, 2.75) is 43.4 Å². The summed E-state index contributed by atoms with van der Waals surface area (Å²) in [5, 5.41) is 3.21. The van der Waals surface area contributed by atoms with Gasteiger partial charge >= 0.3 is 0 Å². The molecule has 0 aromatic heterocycles. The Labute approximate surface area is 156 Å². The molecule has 1 heterocycles. The number of ether oxygens (including phenoxy) is 1. The van der Waals surface area contributed by atoms with E-state index in [2.05, 4.69) is 5.32 Å². The van der Waals surface area contributed by atoms with Crippen LogP contribution in [0.15, 0.2) is 30.3 Å². The number of rotatable bonds is 8. The molecular weight excluding hydrogens is 352 g/mol. The van der Waals surface area contributed by atoms with Crippen LogP contribution in [-0.2, 0) is 25.3 Å². The first-order valence-electron chi connectivity index (χ1n) is 9.27. The lowest BCUT2D eigenvalue weighted by Gasteiger charge is -2.42. The van der Waals surface area contributed by atoms with E-state index in [0.29, 0.717) is 39.0 Å². The number of amides is 1. The first-order valence-corrected chi connectivity index (χ1v) is 10.9. The molecule has 0 radical (unpaired) electrons. The summed E-state index contributed by atoms with van der Waals surface area (Å²) in [5.41, 5.74) is 0.444. The standard InChI is InChI=1S/C19H28N2O4S/c1-25-14-11-19(20-18(22)17-7-8-17)9-12-21(13-10-19)26(23,24)15-16-5-3-2-4-6-16/h2-6,17H,7-15H2,1H3,(H,20,22). The number of methoxy groups -OCH3 is 1.